The molecule has 0 aromatic heterocycles. The van der Waals surface area contributed by atoms with Crippen LogP contribution in [0.4, 0.5) is 11.4 Å². The van der Waals surface area contributed by atoms with Gasteiger partial charge >= 0.3 is 0 Å². The van der Waals surface area contributed by atoms with Crippen LogP contribution in [0.2, 0.25) is 0 Å². The van der Waals surface area contributed by atoms with Gasteiger partial charge in [0.05, 0.1) is 15.5 Å². The van der Waals surface area contributed by atoms with Crippen molar-refractivity contribution < 1.29 is 13.3 Å². The van der Waals surface area contributed by atoms with Crippen LogP contribution in [0.5, 0.6) is 0 Å². The van der Waals surface area contributed by atoms with Crippen molar-refractivity contribution in [2.75, 3.05) is 12.3 Å². The van der Waals surface area contributed by atoms with Gasteiger partial charge in [-0.05, 0) is 42.9 Å². The second-order valence-electron chi connectivity index (χ2n) is 6.19. The molecule has 0 saturated carbocycles. The maximum Gasteiger partial charge on any atom is 0.271 e. The minimum Gasteiger partial charge on any atom is -0.258 e. The quantitative estimate of drug-likeness (QED) is 0.437. The highest BCUT2D eigenvalue weighted by Crippen LogP contribution is 2.29. The van der Waals surface area contributed by atoms with Crippen LogP contribution >= 0.6 is 0 Å². The highest BCUT2D eigenvalue weighted by molar-refractivity contribution is 8.02. The van der Waals surface area contributed by atoms with Crippen LogP contribution in [-0.4, -0.2) is 29.3 Å². The first kappa shape index (κ1) is 19.4. The van der Waals surface area contributed by atoms with Crippen LogP contribution < -0.4 is 0 Å². The summed E-state index contributed by atoms with van der Waals surface area (Å²) >= 11 is 0. The van der Waals surface area contributed by atoms with Gasteiger partial charge in [-0.1, -0.05) is 35.4 Å². The summed E-state index contributed by atoms with van der Waals surface area (Å²) in [6.07, 6.45) is 0. The van der Waals surface area contributed by atoms with E-state index in [4.69, 9.17) is 0 Å². The zero-order chi connectivity index (χ0) is 19.6. The van der Waals surface area contributed by atoms with Crippen molar-refractivity contribution in [3.05, 3.63) is 75.9 Å². The largest absolute Gasteiger partial charge is 0.271 e. The number of benzene rings is 2. The third kappa shape index (κ3) is 4.15. The molecular weight excluding hydrogens is 386 g/mol. The lowest BCUT2D eigenvalue weighted by Crippen LogP contribution is -2.38. The number of nitrogens with zero attached hydrogens (tertiary/aromatic N) is 3. The van der Waals surface area contributed by atoms with Gasteiger partial charge in [-0.2, -0.15) is 0 Å². The van der Waals surface area contributed by atoms with Crippen molar-refractivity contribution >= 4 is 32.3 Å². The molecule has 142 valence electrons. The molecule has 0 fully saturated rings. The second kappa shape index (κ2) is 7.71. The average molecular weight is 406 g/mol. The van der Waals surface area contributed by atoms with E-state index in [9.17, 15) is 18.5 Å². The second-order valence-corrected chi connectivity index (χ2v) is 9.88. The number of sulfonamides is 1. The number of nitro groups is 1. The molecule has 3 rings (SSSR count). The van der Waals surface area contributed by atoms with Crippen molar-refractivity contribution in [1.82, 2.24) is 3.71 Å². The lowest BCUT2D eigenvalue weighted by Gasteiger charge is -2.30. The van der Waals surface area contributed by atoms with Crippen LogP contribution in [0.25, 0.3) is 0 Å². The van der Waals surface area contributed by atoms with E-state index in [0.29, 0.717) is 11.4 Å². The molecule has 1 aliphatic heterocycles. The monoisotopic (exact) mass is 405 g/mol. The fourth-order valence-corrected chi connectivity index (χ4v) is 6.72. The number of non-ortho nitro benzene ring substituents is 1. The molecule has 0 radical (unpaired) electrons. The number of hydrogen-bond donors (Lipinski definition) is 0. The van der Waals surface area contributed by atoms with Crippen molar-refractivity contribution in [3.63, 3.8) is 0 Å². The summed E-state index contributed by atoms with van der Waals surface area (Å²) in [7, 11) is -4.72. The van der Waals surface area contributed by atoms with Gasteiger partial charge in [0.25, 0.3) is 15.7 Å². The van der Waals surface area contributed by atoms with E-state index in [1.807, 2.05) is 13.8 Å². The normalized spacial score (nSPS) is 18.7. The fourth-order valence-electron chi connectivity index (χ4n) is 2.56. The highest BCUT2D eigenvalue weighted by Gasteiger charge is 2.31. The lowest BCUT2D eigenvalue weighted by molar-refractivity contribution is -0.384. The minimum absolute atomic E-state index is 0.0715. The van der Waals surface area contributed by atoms with Crippen molar-refractivity contribution in [2.45, 2.75) is 18.7 Å². The van der Waals surface area contributed by atoms with E-state index < -0.39 is 25.8 Å². The molecule has 1 heterocycles. The molecule has 1 atom stereocenters. The number of rotatable bonds is 4. The molecule has 0 aliphatic carbocycles. The molecule has 0 saturated heterocycles. The average Bonchev–Trinajstić information content (AvgIpc) is 2.65. The van der Waals surface area contributed by atoms with Gasteiger partial charge in [0, 0.05) is 24.4 Å². The van der Waals surface area contributed by atoms with Crippen LogP contribution in [0.15, 0.2) is 75.0 Å². The van der Waals surface area contributed by atoms with Gasteiger partial charge < -0.3 is 0 Å². The molecular formula is C18H19N3O4S2. The molecule has 0 amide bonds. The first-order chi connectivity index (χ1) is 12.8. The minimum atomic E-state index is -3.73. The van der Waals surface area contributed by atoms with E-state index in [1.165, 1.54) is 15.8 Å². The summed E-state index contributed by atoms with van der Waals surface area (Å²) < 4.78 is 32.3. The van der Waals surface area contributed by atoms with Gasteiger partial charge in [0.1, 0.15) is 0 Å². The van der Waals surface area contributed by atoms with E-state index >= 15 is 0 Å². The lowest BCUT2D eigenvalue weighted by atomic mass is 10.2. The van der Waals surface area contributed by atoms with Crippen molar-refractivity contribution in [2.24, 2.45) is 4.36 Å². The Morgan fingerprint density at radius 3 is 2.44 bits per heavy atom. The Kier molecular flexibility index (Phi) is 5.54. The summed E-state index contributed by atoms with van der Waals surface area (Å²) in [5, 5.41) is 11.0. The first-order valence-electron chi connectivity index (χ1n) is 8.19. The molecule has 9 heteroatoms. The Morgan fingerprint density at radius 2 is 1.78 bits per heavy atom. The summed E-state index contributed by atoms with van der Waals surface area (Å²) in [6, 6.07) is 14.2. The Hall–Kier alpha value is -2.36. The van der Waals surface area contributed by atoms with Gasteiger partial charge in [-0.15, -0.1) is 3.71 Å². The van der Waals surface area contributed by atoms with Crippen LogP contribution in [-0.2, 0) is 20.9 Å². The van der Waals surface area contributed by atoms with Crippen molar-refractivity contribution in [3.8, 4) is 0 Å². The Balaban J connectivity index is 2.09. The van der Waals surface area contributed by atoms with Gasteiger partial charge in [-0.3, -0.25) is 10.1 Å². The third-order valence-corrected chi connectivity index (χ3v) is 8.59. The SMILES string of the molecule is CC1=C(C)C[S@](=Nc2cccc([N+](=O)[O-])c2)N(S(=O)(=O)c2ccccc2)C1. The van der Waals surface area contributed by atoms with Gasteiger partial charge in [-0.25, -0.2) is 12.8 Å². The predicted octanol–water partition coefficient (Wildman–Crippen LogP) is 3.98. The zero-order valence-corrected chi connectivity index (χ0v) is 16.5. The molecule has 2 aromatic carbocycles. The van der Waals surface area contributed by atoms with E-state index in [1.54, 1.807) is 42.5 Å². The maximum atomic E-state index is 13.2. The van der Waals surface area contributed by atoms with Gasteiger partial charge in [0.15, 0.2) is 0 Å². The number of nitro benzene ring substituents is 1. The van der Waals surface area contributed by atoms with Crippen LogP contribution in [0, 0.1) is 10.1 Å². The molecule has 0 unspecified atom stereocenters. The summed E-state index contributed by atoms with van der Waals surface area (Å²) in [5.41, 5.74) is 2.41. The molecule has 0 bridgehead atoms. The summed E-state index contributed by atoms with van der Waals surface area (Å²) in [6.45, 7) is 4.13. The van der Waals surface area contributed by atoms with E-state index in [-0.39, 0.29) is 17.1 Å². The zero-order valence-electron chi connectivity index (χ0n) is 14.9. The van der Waals surface area contributed by atoms with E-state index in [2.05, 4.69) is 4.36 Å². The van der Waals surface area contributed by atoms with E-state index in [0.717, 1.165) is 11.1 Å². The molecule has 0 N–H and O–H groups in total. The van der Waals surface area contributed by atoms with Crippen LogP contribution in [0.3, 0.4) is 0 Å². The highest BCUT2D eigenvalue weighted by atomic mass is 32.3. The fraction of sp³-hybridized carbons (Fsp3) is 0.222. The van der Waals surface area contributed by atoms with Crippen LogP contribution in [0.1, 0.15) is 13.8 Å². The molecule has 2 aromatic rings. The third-order valence-electron chi connectivity index (χ3n) is 4.24. The molecule has 1 aliphatic rings. The predicted molar refractivity (Wildman–Crippen MR) is 106 cm³/mol. The molecule has 7 nitrogen and oxygen atoms in total. The standard InChI is InChI=1S/C18H19N3O4S2/c1-14-12-20(27(24,25)18-9-4-3-5-10-18)26(13-15(14)2)19-16-7-6-8-17(11-16)21(22)23/h3-11H,12-13H2,1-2H3/t26-/m1/s1. The Morgan fingerprint density at radius 1 is 1.07 bits per heavy atom. The van der Waals surface area contributed by atoms with Crippen molar-refractivity contribution in [1.29, 1.82) is 0 Å². The summed E-state index contributed by atoms with van der Waals surface area (Å²) in [4.78, 5) is 10.7. The number of hydrogen-bond acceptors (Lipinski definition) is 5. The topological polar surface area (TPSA) is 92.9 Å². The Bertz CT molecular complexity index is 1050. The van der Waals surface area contributed by atoms with Gasteiger partial charge in [0.2, 0.25) is 0 Å². The first-order valence-corrected chi connectivity index (χ1v) is 10.9. The molecule has 0 spiro atoms. The molecule has 27 heavy (non-hydrogen) atoms. The maximum absolute atomic E-state index is 13.2. The Labute approximate surface area is 160 Å². The summed E-state index contributed by atoms with van der Waals surface area (Å²) in [5.74, 6) is 0.473. The smallest absolute Gasteiger partial charge is 0.258 e.